The Kier molecular flexibility index (Phi) is 6.07. The number of hydrogen-bond acceptors (Lipinski definition) is 4. The van der Waals surface area contributed by atoms with Crippen LogP contribution in [0.2, 0.25) is 0 Å². The van der Waals surface area contributed by atoms with E-state index in [4.69, 9.17) is 10.2 Å². The molecule has 1 atom stereocenters. The maximum absolute atomic E-state index is 11.6. The number of carbonyl (C=O) groups is 2. The van der Waals surface area contributed by atoms with E-state index in [0.717, 1.165) is 4.31 Å². The molecule has 100 valence electrons. The first kappa shape index (κ1) is 15.8. The molecule has 0 heterocycles. The third-order valence-corrected chi connectivity index (χ3v) is 3.79. The number of nitrogens with one attached hydrogen (secondary N) is 1. The molecule has 0 aromatic rings. The summed E-state index contributed by atoms with van der Waals surface area (Å²) in [6, 6.07) is -1.67. The second-order valence-corrected chi connectivity index (χ2v) is 4.90. The predicted molar refractivity (Wildman–Crippen MR) is 58.7 cm³/mol. The van der Waals surface area contributed by atoms with Gasteiger partial charge in [-0.15, -0.1) is 0 Å². The Labute approximate surface area is 99.4 Å². The van der Waals surface area contributed by atoms with E-state index in [1.165, 1.54) is 0 Å². The van der Waals surface area contributed by atoms with E-state index in [9.17, 15) is 18.0 Å². The van der Waals surface area contributed by atoms with E-state index in [2.05, 4.69) is 0 Å². The second-order valence-electron chi connectivity index (χ2n) is 3.20. The van der Waals surface area contributed by atoms with Crippen molar-refractivity contribution in [3.8, 4) is 0 Å². The zero-order valence-corrected chi connectivity index (χ0v) is 10.4. The lowest BCUT2D eigenvalue weighted by atomic mass is 10.2. The van der Waals surface area contributed by atoms with E-state index in [1.54, 1.807) is 13.8 Å². The standard InChI is InChI=1S/C8H16N2O6S/c1-3-10(4-2)17(15,16)9-6(8(13)14)5-7(11)12/h6,9H,3-5H2,1-2H3,(H,11,12)(H,13,14)/t6-/m0/s1. The summed E-state index contributed by atoms with van der Waals surface area (Å²) in [7, 11) is -3.97. The molecule has 8 nitrogen and oxygen atoms in total. The average Bonchev–Trinajstić information content (AvgIpc) is 2.16. The molecule has 0 amide bonds. The van der Waals surface area contributed by atoms with Gasteiger partial charge in [0.25, 0.3) is 10.2 Å². The summed E-state index contributed by atoms with van der Waals surface area (Å²) in [5.41, 5.74) is 0. The van der Waals surface area contributed by atoms with Crippen LogP contribution in [0, 0.1) is 0 Å². The maximum Gasteiger partial charge on any atom is 0.322 e. The van der Waals surface area contributed by atoms with Crippen LogP contribution in [0.15, 0.2) is 0 Å². The molecule has 0 unspecified atom stereocenters. The number of carboxylic acids is 2. The molecular weight excluding hydrogens is 252 g/mol. The molecule has 0 radical (unpaired) electrons. The van der Waals surface area contributed by atoms with Crippen molar-refractivity contribution in [2.24, 2.45) is 0 Å². The lowest BCUT2D eigenvalue weighted by Crippen LogP contribution is -2.49. The Morgan fingerprint density at radius 2 is 1.71 bits per heavy atom. The van der Waals surface area contributed by atoms with E-state index in [-0.39, 0.29) is 13.1 Å². The van der Waals surface area contributed by atoms with Crippen molar-refractivity contribution < 1.29 is 28.2 Å². The summed E-state index contributed by atoms with van der Waals surface area (Å²) in [5, 5.41) is 17.2. The van der Waals surface area contributed by atoms with Crippen LogP contribution in [0.1, 0.15) is 20.3 Å². The normalized spacial score (nSPS) is 13.6. The van der Waals surface area contributed by atoms with Crippen molar-refractivity contribution in [2.45, 2.75) is 26.3 Å². The van der Waals surface area contributed by atoms with E-state index >= 15 is 0 Å². The first-order valence-electron chi connectivity index (χ1n) is 4.96. The zero-order chi connectivity index (χ0) is 13.6. The lowest BCUT2D eigenvalue weighted by molar-refractivity contribution is -0.145. The Bertz CT molecular complexity index is 375. The molecule has 0 aliphatic carbocycles. The topological polar surface area (TPSA) is 124 Å². The van der Waals surface area contributed by atoms with Gasteiger partial charge in [-0.2, -0.15) is 17.4 Å². The molecule has 0 rings (SSSR count). The molecule has 0 aliphatic heterocycles. The molecule has 3 N–H and O–H groups in total. The van der Waals surface area contributed by atoms with Gasteiger partial charge in [-0.05, 0) is 0 Å². The second kappa shape index (κ2) is 6.52. The third kappa shape index (κ3) is 5.11. The van der Waals surface area contributed by atoms with Crippen LogP contribution >= 0.6 is 0 Å². The van der Waals surface area contributed by atoms with Gasteiger partial charge >= 0.3 is 11.9 Å². The first-order valence-corrected chi connectivity index (χ1v) is 6.40. The molecule has 0 saturated heterocycles. The van der Waals surface area contributed by atoms with E-state index < -0.39 is 34.6 Å². The number of nitrogens with zero attached hydrogens (tertiary/aromatic N) is 1. The molecule has 0 fully saturated rings. The third-order valence-electron chi connectivity index (χ3n) is 2.01. The van der Waals surface area contributed by atoms with Gasteiger partial charge in [0.1, 0.15) is 6.04 Å². The van der Waals surface area contributed by atoms with Gasteiger partial charge in [0, 0.05) is 13.1 Å². The fourth-order valence-electron chi connectivity index (χ4n) is 1.17. The Balaban J connectivity index is 4.86. The van der Waals surface area contributed by atoms with Gasteiger partial charge in [-0.1, -0.05) is 13.8 Å². The monoisotopic (exact) mass is 268 g/mol. The van der Waals surface area contributed by atoms with Crippen molar-refractivity contribution in [1.29, 1.82) is 0 Å². The minimum atomic E-state index is -3.97. The molecule has 0 bridgehead atoms. The van der Waals surface area contributed by atoms with E-state index in [1.807, 2.05) is 4.72 Å². The number of aliphatic carboxylic acids is 2. The number of rotatable bonds is 8. The van der Waals surface area contributed by atoms with Gasteiger partial charge in [-0.3, -0.25) is 9.59 Å². The lowest BCUT2D eigenvalue weighted by Gasteiger charge is -2.21. The van der Waals surface area contributed by atoms with Crippen LogP contribution in [0.25, 0.3) is 0 Å². The zero-order valence-electron chi connectivity index (χ0n) is 9.58. The predicted octanol–water partition coefficient (Wildman–Crippen LogP) is -0.909. The van der Waals surface area contributed by atoms with Crippen molar-refractivity contribution in [1.82, 2.24) is 9.03 Å². The number of carboxylic acid groups (broad SMARTS) is 2. The summed E-state index contributed by atoms with van der Waals surface area (Å²) >= 11 is 0. The fourth-order valence-corrected chi connectivity index (χ4v) is 2.54. The summed E-state index contributed by atoms with van der Waals surface area (Å²) < 4.78 is 26.1. The summed E-state index contributed by atoms with van der Waals surface area (Å²) in [4.78, 5) is 21.1. The summed E-state index contributed by atoms with van der Waals surface area (Å²) in [6.45, 7) is 3.53. The van der Waals surface area contributed by atoms with Crippen LogP contribution in [0.5, 0.6) is 0 Å². The Morgan fingerprint density at radius 1 is 1.24 bits per heavy atom. The molecule has 0 aliphatic rings. The van der Waals surface area contributed by atoms with Gasteiger partial charge in [0.05, 0.1) is 6.42 Å². The van der Waals surface area contributed by atoms with Crippen LogP contribution in [0.3, 0.4) is 0 Å². The molecule has 0 spiro atoms. The smallest absolute Gasteiger partial charge is 0.322 e. The fraction of sp³-hybridized carbons (Fsp3) is 0.750. The minimum Gasteiger partial charge on any atom is -0.481 e. The highest BCUT2D eigenvalue weighted by molar-refractivity contribution is 7.87. The largest absolute Gasteiger partial charge is 0.481 e. The van der Waals surface area contributed by atoms with E-state index in [0.29, 0.717) is 0 Å². The summed E-state index contributed by atoms with van der Waals surface area (Å²) in [6.07, 6.45) is -0.810. The highest BCUT2D eigenvalue weighted by atomic mass is 32.2. The number of hydrogen-bond donors (Lipinski definition) is 3. The van der Waals surface area contributed by atoms with Crippen LogP contribution in [-0.4, -0.2) is 54.0 Å². The summed E-state index contributed by atoms with van der Waals surface area (Å²) in [5.74, 6) is -2.91. The Morgan fingerprint density at radius 3 is 2.00 bits per heavy atom. The Hall–Kier alpha value is -1.19. The quantitative estimate of drug-likeness (QED) is 0.523. The first-order chi connectivity index (χ1) is 7.74. The van der Waals surface area contributed by atoms with Crippen LogP contribution in [0.4, 0.5) is 0 Å². The molecule has 9 heteroatoms. The molecule has 0 aromatic carbocycles. The van der Waals surface area contributed by atoms with Gasteiger partial charge in [0.15, 0.2) is 0 Å². The van der Waals surface area contributed by atoms with Crippen molar-refractivity contribution in [2.75, 3.05) is 13.1 Å². The molecular formula is C8H16N2O6S. The van der Waals surface area contributed by atoms with Crippen LogP contribution in [-0.2, 0) is 19.8 Å². The minimum absolute atomic E-state index is 0.172. The highest BCUT2D eigenvalue weighted by Crippen LogP contribution is 2.01. The van der Waals surface area contributed by atoms with Crippen molar-refractivity contribution in [3.63, 3.8) is 0 Å². The maximum atomic E-state index is 11.6. The average molecular weight is 268 g/mol. The van der Waals surface area contributed by atoms with Gasteiger partial charge in [0.2, 0.25) is 0 Å². The van der Waals surface area contributed by atoms with Gasteiger partial charge in [-0.25, -0.2) is 0 Å². The van der Waals surface area contributed by atoms with Gasteiger partial charge < -0.3 is 10.2 Å². The SMILES string of the molecule is CCN(CC)S(=O)(=O)N[C@@H](CC(=O)O)C(=O)O. The van der Waals surface area contributed by atoms with Crippen molar-refractivity contribution >= 4 is 22.1 Å². The van der Waals surface area contributed by atoms with Crippen LogP contribution < -0.4 is 4.72 Å². The molecule has 0 aromatic heterocycles. The highest BCUT2D eigenvalue weighted by Gasteiger charge is 2.29. The van der Waals surface area contributed by atoms with Crippen molar-refractivity contribution in [3.05, 3.63) is 0 Å². The molecule has 0 saturated carbocycles. The molecule has 17 heavy (non-hydrogen) atoms.